The first-order chi connectivity index (χ1) is 7.84. The Morgan fingerprint density at radius 2 is 1.19 bits per heavy atom. The second-order valence-electron chi connectivity index (χ2n) is 3.01. The van der Waals surface area contributed by atoms with E-state index in [1.54, 1.807) is 24.3 Å². The van der Waals surface area contributed by atoms with Crippen LogP contribution in [0.3, 0.4) is 0 Å². The first-order valence-electron chi connectivity index (χ1n) is 4.85. The maximum atomic E-state index is 8.98. The van der Waals surface area contributed by atoms with E-state index < -0.39 is 7.12 Å². The van der Waals surface area contributed by atoms with Crippen molar-refractivity contribution in [2.75, 3.05) is 0 Å². The minimum Gasteiger partial charge on any atom is -0.422 e. The summed E-state index contributed by atoms with van der Waals surface area (Å²) < 4.78 is 4.16. The van der Waals surface area contributed by atoms with Crippen LogP contribution in [0.5, 0.6) is 0 Å². The molecular weight excluding hydrogens is 222 g/mol. The fourth-order valence-corrected chi connectivity index (χ4v) is 1.16. The molecule has 0 bridgehead atoms. The third kappa shape index (κ3) is 4.98. The Morgan fingerprint density at radius 1 is 0.812 bits per heavy atom. The van der Waals surface area contributed by atoms with Crippen molar-refractivity contribution in [3.8, 4) is 0 Å². The lowest BCUT2D eigenvalue weighted by Gasteiger charge is -1.98. The van der Waals surface area contributed by atoms with Crippen molar-refractivity contribution >= 4 is 24.4 Å². The third-order valence-corrected chi connectivity index (χ3v) is 2.00. The van der Waals surface area contributed by atoms with E-state index in [0.29, 0.717) is 5.46 Å². The van der Waals surface area contributed by atoms with E-state index >= 15 is 0 Å². The molecule has 2 nitrogen and oxygen atoms in total. The Labute approximate surface area is 101 Å². The van der Waals surface area contributed by atoms with Gasteiger partial charge in [-0.05, 0) is 5.46 Å². The molecule has 0 radical (unpaired) electrons. The first-order valence-corrected chi connectivity index (χ1v) is 5.16. The highest BCUT2D eigenvalue weighted by molar-refractivity contribution is 6.63. The fourth-order valence-electron chi connectivity index (χ4n) is 1.05. The SMILES string of the molecule is OB(OCl)c1ccccc1.c1ccccc1. The minimum absolute atomic E-state index is 0.650. The van der Waals surface area contributed by atoms with E-state index in [-0.39, 0.29) is 0 Å². The molecule has 0 fully saturated rings. The lowest BCUT2D eigenvalue weighted by atomic mass is 9.81. The molecule has 0 spiro atoms. The monoisotopic (exact) mass is 234 g/mol. The predicted molar refractivity (Wildman–Crippen MR) is 67.4 cm³/mol. The summed E-state index contributed by atoms with van der Waals surface area (Å²) in [5.74, 6) is 0. The van der Waals surface area contributed by atoms with Gasteiger partial charge in [0.15, 0.2) is 0 Å². The third-order valence-electron chi connectivity index (χ3n) is 1.84. The van der Waals surface area contributed by atoms with Gasteiger partial charge in [-0.1, -0.05) is 66.7 Å². The summed E-state index contributed by atoms with van der Waals surface area (Å²) in [4.78, 5) is 0. The highest BCUT2D eigenvalue weighted by Crippen LogP contribution is 1.89. The molecule has 2 rings (SSSR count). The first kappa shape index (κ1) is 12.8. The molecule has 0 saturated heterocycles. The van der Waals surface area contributed by atoms with Crippen LogP contribution in [0.1, 0.15) is 0 Å². The van der Waals surface area contributed by atoms with Crippen molar-refractivity contribution in [3.05, 3.63) is 66.7 Å². The zero-order valence-electron chi connectivity index (χ0n) is 8.66. The molecular formula is C12H12BClO2. The van der Waals surface area contributed by atoms with Gasteiger partial charge >= 0.3 is 7.12 Å². The number of hydrogen-bond donors (Lipinski definition) is 1. The Bertz CT molecular complexity index is 343. The van der Waals surface area contributed by atoms with E-state index in [2.05, 4.69) is 4.21 Å². The van der Waals surface area contributed by atoms with Crippen LogP contribution < -0.4 is 5.46 Å². The zero-order chi connectivity index (χ0) is 11.6. The molecule has 82 valence electrons. The van der Waals surface area contributed by atoms with Crippen LogP contribution >= 0.6 is 11.9 Å². The van der Waals surface area contributed by atoms with Crippen molar-refractivity contribution in [2.24, 2.45) is 0 Å². The van der Waals surface area contributed by atoms with Crippen LogP contribution in [0.2, 0.25) is 0 Å². The van der Waals surface area contributed by atoms with Crippen molar-refractivity contribution in [3.63, 3.8) is 0 Å². The second kappa shape index (κ2) is 7.94. The van der Waals surface area contributed by atoms with Gasteiger partial charge in [0.1, 0.15) is 0 Å². The van der Waals surface area contributed by atoms with Crippen molar-refractivity contribution < 1.29 is 9.23 Å². The summed E-state index contributed by atoms with van der Waals surface area (Å²) >= 11 is 4.94. The van der Waals surface area contributed by atoms with E-state index in [1.807, 2.05) is 42.5 Å². The molecule has 0 atom stereocenters. The minimum atomic E-state index is -1.03. The average molecular weight is 234 g/mol. The molecule has 2 aromatic carbocycles. The van der Waals surface area contributed by atoms with Crippen molar-refractivity contribution in [2.45, 2.75) is 0 Å². The van der Waals surface area contributed by atoms with E-state index in [9.17, 15) is 0 Å². The summed E-state index contributed by atoms with van der Waals surface area (Å²) in [5.41, 5.74) is 0.650. The standard InChI is InChI=1S/C6H6BClO2.C6H6/c8-10-7(9)6-4-2-1-3-5-6;1-2-4-6-5-3-1/h1-5,9H;1-6H. The normalized spacial score (nSPS) is 8.88. The van der Waals surface area contributed by atoms with Crippen LogP contribution in [0.15, 0.2) is 66.7 Å². The highest BCUT2D eigenvalue weighted by atomic mass is 35.5. The molecule has 0 unspecified atom stereocenters. The van der Waals surface area contributed by atoms with Crippen LogP contribution in [0.25, 0.3) is 0 Å². The zero-order valence-corrected chi connectivity index (χ0v) is 9.42. The van der Waals surface area contributed by atoms with Crippen LogP contribution in [0.4, 0.5) is 0 Å². The Balaban J connectivity index is 0.000000181. The van der Waals surface area contributed by atoms with E-state index in [1.165, 1.54) is 0 Å². The molecule has 0 aliphatic carbocycles. The predicted octanol–water partition coefficient (Wildman–Crippen LogP) is 2.23. The van der Waals surface area contributed by atoms with Gasteiger partial charge < -0.3 is 9.23 Å². The summed E-state index contributed by atoms with van der Waals surface area (Å²) in [6.45, 7) is 0. The van der Waals surface area contributed by atoms with E-state index in [4.69, 9.17) is 16.9 Å². The van der Waals surface area contributed by atoms with Gasteiger partial charge in [-0.25, -0.2) is 0 Å². The average Bonchev–Trinajstić information content (AvgIpc) is 2.41. The topological polar surface area (TPSA) is 29.5 Å². The largest absolute Gasteiger partial charge is 0.508 e. The summed E-state index contributed by atoms with van der Waals surface area (Å²) in [6, 6.07) is 20.9. The lowest BCUT2D eigenvalue weighted by Crippen LogP contribution is -2.30. The molecule has 16 heavy (non-hydrogen) atoms. The molecule has 4 heteroatoms. The maximum absolute atomic E-state index is 8.98. The molecule has 0 saturated carbocycles. The highest BCUT2D eigenvalue weighted by Gasteiger charge is 2.13. The molecule has 0 aliphatic rings. The summed E-state index contributed by atoms with van der Waals surface area (Å²) in [7, 11) is -1.03. The smallest absolute Gasteiger partial charge is 0.422 e. The number of halogens is 1. The van der Waals surface area contributed by atoms with Gasteiger partial charge in [-0.3, -0.25) is 0 Å². The second-order valence-corrected chi connectivity index (χ2v) is 3.19. The quantitative estimate of drug-likeness (QED) is 0.808. The van der Waals surface area contributed by atoms with Crippen LogP contribution in [-0.2, 0) is 4.21 Å². The Kier molecular flexibility index (Phi) is 6.34. The molecule has 1 N–H and O–H groups in total. The van der Waals surface area contributed by atoms with Gasteiger partial charge in [0.05, 0.1) is 0 Å². The van der Waals surface area contributed by atoms with Gasteiger partial charge in [0.2, 0.25) is 0 Å². The molecule has 0 aromatic heterocycles. The van der Waals surface area contributed by atoms with Crippen LogP contribution in [-0.4, -0.2) is 12.1 Å². The lowest BCUT2D eigenvalue weighted by molar-refractivity contribution is 0.457. The maximum Gasteiger partial charge on any atom is 0.508 e. The van der Waals surface area contributed by atoms with Gasteiger partial charge in [-0.15, -0.1) is 0 Å². The van der Waals surface area contributed by atoms with Gasteiger partial charge in [0.25, 0.3) is 0 Å². The van der Waals surface area contributed by atoms with Gasteiger partial charge in [0, 0.05) is 11.9 Å². The Hall–Kier alpha value is -1.29. The van der Waals surface area contributed by atoms with E-state index in [0.717, 1.165) is 0 Å². The van der Waals surface area contributed by atoms with Crippen molar-refractivity contribution in [1.82, 2.24) is 0 Å². The summed E-state index contributed by atoms with van der Waals surface area (Å²) in [5, 5.41) is 8.98. The molecule has 0 amide bonds. The number of hydrogen-bond acceptors (Lipinski definition) is 2. The summed E-state index contributed by atoms with van der Waals surface area (Å²) in [6.07, 6.45) is 0. The molecule has 2 aromatic rings. The fraction of sp³-hybridized carbons (Fsp3) is 0. The number of benzene rings is 2. The van der Waals surface area contributed by atoms with Crippen LogP contribution in [0, 0.1) is 0 Å². The number of rotatable bonds is 2. The van der Waals surface area contributed by atoms with Crippen molar-refractivity contribution in [1.29, 1.82) is 0 Å². The van der Waals surface area contributed by atoms with Gasteiger partial charge in [-0.2, -0.15) is 0 Å². The molecule has 0 aliphatic heterocycles. The molecule has 0 heterocycles. The Morgan fingerprint density at radius 3 is 1.56 bits per heavy atom.